The summed E-state index contributed by atoms with van der Waals surface area (Å²) in [5.74, 6) is -1.10. The Bertz CT molecular complexity index is 728. The van der Waals surface area contributed by atoms with E-state index in [9.17, 15) is 14.7 Å². The zero-order chi connectivity index (χ0) is 17.2. The molecule has 3 N–H and O–H groups in total. The Morgan fingerprint density at radius 1 is 1.35 bits per heavy atom. The van der Waals surface area contributed by atoms with Crippen LogP contribution in [0, 0.1) is 6.92 Å². The normalized spacial score (nSPS) is 12.9. The number of hydrogen-bond acceptors (Lipinski definition) is 3. The number of aromatic amines is 1. The molecule has 0 fully saturated rings. The fourth-order valence-electron chi connectivity index (χ4n) is 2.34. The molecule has 2 aromatic rings. The summed E-state index contributed by atoms with van der Waals surface area (Å²) in [4.78, 5) is 26.4. The number of aryl methyl sites for hydroxylation is 1. The number of aliphatic carboxylic acids is 1. The van der Waals surface area contributed by atoms with Gasteiger partial charge in [0, 0.05) is 23.5 Å². The topological polar surface area (TPSA) is 91.4 Å². The van der Waals surface area contributed by atoms with E-state index in [2.05, 4.69) is 10.3 Å². The zero-order valence-electron chi connectivity index (χ0n) is 13.8. The lowest BCUT2D eigenvalue weighted by atomic mass is 10.0. The summed E-state index contributed by atoms with van der Waals surface area (Å²) in [6.45, 7) is 7.17. The Morgan fingerprint density at radius 3 is 2.65 bits per heavy atom. The number of ether oxygens (including phenoxy) is 1. The van der Waals surface area contributed by atoms with Crippen LogP contribution in [0.1, 0.15) is 31.9 Å². The van der Waals surface area contributed by atoms with E-state index in [0.29, 0.717) is 0 Å². The quantitative estimate of drug-likeness (QED) is 0.808. The van der Waals surface area contributed by atoms with Crippen LogP contribution < -0.4 is 5.32 Å². The lowest BCUT2D eigenvalue weighted by Crippen LogP contribution is -2.44. The van der Waals surface area contributed by atoms with Crippen molar-refractivity contribution in [1.29, 1.82) is 0 Å². The molecule has 0 unspecified atom stereocenters. The van der Waals surface area contributed by atoms with Crippen molar-refractivity contribution in [1.82, 2.24) is 10.3 Å². The number of benzene rings is 1. The zero-order valence-corrected chi connectivity index (χ0v) is 13.8. The first-order chi connectivity index (χ1) is 10.7. The summed E-state index contributed by atoms with van der Waals surface area (Å²) < 4.78 is 5.12. The Balaban J connectivity index is 2.15. The van der Waals surface area contributed by atoms with Crippen molar-refractivity contribution in [2.45, 2.75) is 45.8 Å². The van der Waals surface area contributed by atoms with E-state index in [0.717, 1.165) is 22.0 Å². The maximum absolute atomic E-state index is 11.8. The first-order valence-corrected chi connectivity index (χ1v) is 7.44. The first-order valence-electron chi connectivity index (χ1n) is 7.44. The average Bonchev–Trinajstić information content (AvgIpc) is 2.78. The summed E-state index contributed by atoms with van der Waals surface area (Å²) in [5, 5.41) is 12.7. The van der Waals surface area contributed by atoms with Gasteiger partial charge in [-0.3, -0.25) is 0 Å². The summed E-state index contributed by atoms with van der Waals surface area (Å²) in [6, 6.07) is 4.86. The molecule has 6 nitrogen and oxygen atoms in total. The number of carbonyl (C=O) groups is 2. The molecule has 0 saturated heterocycles. The van der Waals surface area contributed by atoms with Gasteiger partial charge in [-0.2, -0.15) is 0 Å². The number of carboxylic acid groups (broad SMARTS) is 1. The highest BCUT2D eigenvalue weighted by Gasteiger charge is 2.25. The van der Waals surface area contributed by atoms with E-state index < -0.39 is 23.7 Å². The molecular weight excluding hydrogens is 296 g/mol. The average molecular weight is 318 g/mol. The molecule has 1 amide bonds. The first kappa shape index (κ1) is 16.9. The molecular formula is C17H22N2O4. The molecule has 2 rings (SSSR count). The predicted molar refractivity (Wildman–Crippen MR) is 87.5 cm³/mol. The summed E-state index contributed by atoms with van der Waals surface area (Å²) >= 11 is 0. The second-order valence-electron chi connectivity index (χ2n) is 6.60. The van der Waals surface area contributed by atoms with Gasteiger partial charge >= 0.3 is 12.1 Å². The van der Waals surface area contributed by atoms with Crippen molar-refractivity contribution < 1.29 is 19.4 Å². The third-order valence-electron chi connectivity index (χ3n) is 3.34. The number of fused-ring (bicyclic) bond motifs is 1. The number of alkyl carbamates (subject to hydrolysis) is 1. The third-order valence-corrected chi connectivity index (χ3v) is 3.34. The van der Waals surface area contributed by atoms with Crippen LogP contribution in [0.2, 0.25) is 0 Å². The molecule has 1 heterocycles. The van der Waals surface area contributed by atoms with Crippen LogP contribution in [0.25, 0.3) is 10.9 Å². The van der Waals surface area contributed by atoms with Crippen LogP contribution in [0.5, 0.6) is 0 Å². The predicted octanol–water partition coefficient (Wildman–Crippen LogP) is 3.00. The van der Waals surface area contributed by atoms with Gasteiger partial charge < -0.3 is 20.1 Å². The molecule has 0 aliphatic carbocycles. The molecule has 0 spiro atoms. The highest BCUT2D eigenvalue weighted by atomic mass is 16.6. The van der Waals surface area contributed by atoms with E-state index in [4.69, 9.17) is 4.74 Å². The van der Waals surface area contributed by atoms with Gasteiger partial charge in [-0.1, -0.05) is 12.1 Å². The van der Waals surface area contributed by atoms with Crippen LogP contribution in [0.3, 0.4) is 0 Å². The molecule has 0 aliphatic rings. The van der Waals surface area contributed by atoms with E-state index in [1.165, 1.54) is 0 Å². The van der Waals surface area contributed by atoms with Crippen molar-refractivity contribution in [3.05, 3.63) is 35.5 Å². The number of hydrogen-bond donors (Lipinski definition) is 3. The van der Waals surface area contributed by atoms with Crippen LogP contribution in [-0.2, 0) is 16.0 Å². The van der Waals surface area contributed by atoms with Crippen molar-refractivity contribution >= 4 is 23.0 Å². The van der Waals surface area contributed by atoms with E-state index in [1.54, 1.807) is 27.0 Å². The van der Waals surface area contributed by atoms with Crippen molar-refractivity contribution in [2.75, 3.05) is 0 Å². The number of nitrogens with one attached hydrogen (secondary N) is 2. The summed E-state index contributed by atoms with van der Waals surface area (Å²) in [6.07, 6.45) is 1.22. The van der Waals surface area contributed by atoms with E-state index in [-0.39, 0.29) is 6.42 Å². The molecule has 1 aromatic heterocycles. The standard InChI is InChI=1S/C17H22N2O4/c1-10-5-6-12-11(9-18-13(12)7-10)8-14(15(20)21)19-16(22)23-17(2,3)4/h5-7,9,14,18H,8H2,1-4H3,(H,19,22)(H,20,21)/t14-/m1/s1. The molecule has 0 radical (unpaired) electrons. The number of rotatable bonds is 4. The fraction of sp³-hybridized carbons (Fsp3) is 0.412. The maximum Gasteiger partial charge on any atom is 0.408 e. The van der Waals surface area contributed by atoms with E-state index >= 15 is 0 Å². The Labute approximate surface area is 134 Å². The monoisotopic (exact) mass is 318 g/mol. The number of H-pyrrole nitrogens is 1. The van der Waals surface area contributed by atoms with Gasteiger partial charge in [0.25, 0.3) is 0 Å². The second-order valence-corrected chi connectivity index (χ2v) is 6.60. The van der Waals surface area contributed by atoms with Crippen molar-refractivity contribution in [3.63, 3.8) is 0 Å². The molecule has 0 aliphatic heterocycles. The molecule has 23 heavy (non-hydrogen) atoms. The van der Waals surface area contributed by atoms with Crippen LogP contribution in [0.15, 0.2) is 24.4 Å². The highest BCUT2D eigenvalue weighted by Crippen LogP contribution is 2.21. The fourth-order valence-corrected chi connectivity index (χ4v) is 2.34. The second kappa shape index (κ2) is 6.32. The molecule has 1 atom stereocenters. The van der Waals surface area contributed by atoms with Crippen molar-refractivity contribution in [2.24, 2.45) is 0 Å². The van der Waals surface area contributed by atoms with Gasteiger partial charge in [0.15, 0.2) is 0 Å². The molecule has 6 heteroatoms. The lowest BCUT2D eigenvalue weighted by molar-refractivity contribution is -0.139. The third kappa shape index (κ3) is 4.48. The van der Waals surface area contributed by atoms with Crippen LogP contribution in [-0.4, -0.2) is 33.8 Å². The Kier molecular flexibility index (Phi) is 4.63. The number of amides is 1. The van der Waals surface area contributed by atoms with Crippen LogP contribution >= 0.6 is 0 Å². The summed E-state index contributed by atoms with van der Waals surface area (Å²) in [7, 11) is 0. The minimum Gasteiger partial charge on any atom is -0.480 e. The van der Waals surface area contributed by atoms with Gasteiger partial charge in [0.05, 0.1) is 0 Å². The number of carbonyl (C=O) groups excluding carboxylic acids is 1. The Hall–Kier alpha value is -2.50. The SMILES string of the molecule is Cc1ccc2c(C[C@@H](NC(=O)OC(C)(C)C)C(=O)O)c[nH]c2c1. The highest BCUT2D eigenvalue weighted by molar-refractivity contribution is 5.86. The Morgan fingerprint density at radius 2 is 2.04 bits per heavy atom. The van der Waals surface area contributed by atoms with Gasteiger partial charge in [-0.25, -0.2) is 9.59 Å². The minimum atomic E-state index is -1.10. The smallest absolute Gasteiger partial charge is 0.408 e. The van der Waals surface area contributed by atoms with Crippen molar-refractivity contribution in [3.8, 4) is 0 Å². The van der Waals surface area contributed by atoms with Gasteiger partial charge in [0.2, 0.25) is 0 Å². The molecule has 124 valence electrons. The maximum atomic E-state index is 11.8. The lowest BCUT2D eigenvalue weighted by Gasteiger charge is -2.22. The van der Waals surface area contributed by atoms with Crippen LogP contribution in [0.4, 0.5) is 4.79 Å². The van der Waals surface area contributed by atoms with Gasteiger partial charge in [-0.05, 0) is 44.9 Å². The molecule has 1 aromatic carbocycles. The number of carboxylic acids is 1. The van der Waals surface area contributed by atoms with Gasteiger partial charge in [-0.15, -0.1) is 0 Å². The molecule has 0 saturated carbocycles. The largest absolute Gasteiger partial charge is 0.480 e. The molecule has 0 bridgehead atoms. The minimum absolute atomic E-state index is 0.178. The van der Waals surface area contributed by atoms with E-state index in [1.807, 2.05) is 25.1 Å². The summed E-state index contributed by atoms with van der Waals surface area (Å²) in [5.41, 5.74) is 2.23. The number of aromatic nitrogens is 1. The van der Waals surface area contributed by atoms with Gasteiger partial charge in [0.1, 0.15) is 11.6 Å².